The molecule has 0 radical (unpaired) electrons. The van der Waals surface area contributed by atoms with Gasteiger partial charge in [-0.3, -0.25) is 14.6 Å². The molecule has 1 atom stereocenters. The summed E-state index contributed by atoms with van der Waals surface area (Å²) in [7, 11) is 0. The van der Waals surface area contributed by atoms with Crippen LogP contribution in [0.4, 0.5) is 10.8 Å². The Balaban J connectivity index is 1.45. The van der Waals surface area contributed by atoms with Gasteiger partial charge in [0.25, 0.3) is 5.91 Å². The number of hydrogen-bond acceptors (Lipinski definition) is 6. The van der Waals surface area contributed by atoms with Crippen molar-refractivity contribution in [1.29, 1.82) is 0 Å². The fourth-order valence-electron chi connectivity index (χ4n) is 3.37. The van der Waals surface area contributed by atoms with E-state index in [0.717, 1.165) is 22.5 Å². The van der Waals surface area contributed by atoms with Crippen LogP contribution in [0.25, 0.3) is 0 Å². The lowest BCUT2D eigenvalue weighted by molar-refractivity contribution is -0.123. The molecular formula is C26H24ClN5O2S. The Labute approximate surface area is 212 Å². The zero-order valence-electron chi connectivity index (χ0n) is 19.0. The molecule has 0 saturated heterocycles. The first kappa shape index (κ1) is 24.4. The number of amides is 2. The van der Waals surface area contributed by atoms with Crippen LogP contribution in [0.1, 0.15) is 27.3 Å². The number of carbonyl (C=O) groups is 2. The maximum atomic E-state index is 13.0. The van der Waals surface area contributed by atoms with Gasteiger partial charge in [-0.05, 0) is 42.3 Å². The van der Waals surface area contributed by atoms with Gasteiger partial charge in [0, 0.05) is 28.7 Å². The highest BCUT2D eigenvalue weighted by Gasteiger charge is 2.23. The molecule has 9 heteroatoms. The molecule has 0 saturated carbocycles. The van der Waals surface area contributed by atoms with E-state index >= 15 is 0 Å². The van der Waals surface area contributed by atoms with E-state index < -0.39 is 11.9 Å². The first-order chi connectivity index (χ1) is 17.0. The third-order valence-corrected chi connectivity index (χ3v) is 6.25. The molecule has 178 valence electrons. The number of nitrogens with one attached hydrogen (secondary N) is 3. The maximum Gasteiger partial charge on any atom is 0.271 e. The van der Waals surface area contributed by atoms with Gasteiger partial charge in [0.1, 0.15) is 11.7 Å². The van der Waals surface area contributed by atoms with Gasteiger partial charge in [0.2, 0.25) is 5.91 Å². The van der Waals surface area contributed by atoms with Crippen LogP contribution in [-0.4, -0.2) is 27.8 Å². The second-order valence-electron chi connectivity index (χ2n) is 7.88. The number of pyridine rings is 1. The van der Waals surface area contributed by atoms with Crippen molar-refractivity contribution >= 4 is 45.6 Å². The SMILES string of the molecule is Cc1ccc(Cl)cc1Nc1nc(C(=O)NC(Cc2ccccc2)C(=O)NCc2ccccn2)cs1. The molecule has 2 aromatic heterocycles. The summed E-state index contributed by atoms with van der Waals surface area (Å²) < 4.78 is 0. The zero-order valence-corrected chi connectivity index (χ0v) is 20.6. The topological polar surface area (TPSA) is 96.0 Å². The first-order valence-corrected chi connectivity index (χ1v) is 12.2. The van der Waals surface area contributed by atoms with Crippen LogP contribution in [0.2, 0.25) is 5.02 Å². The molecule has 0 aliphatic carbocycles. The summed E-state index contributed by atoms with van der Waals surface area (Å²) >= 11 is 7.39. The summed E-state index contributed by atoms with van der Waals surface area (Å²) in [5.41, 5.74) is 3.71. The molecule has 35 heavy (non-hydrogen) atoms. The van der Waals surface area contributed by atoms with Crippen LogP contribution in [0.3, 0.4) is 0 Å². The lowest BCUT2D eigenvalue weighted by Gasteiger charge is -2.18. The molecule has 4 aromatic rings. The third-order valence-electron chi connectivity index (χ3n) is 5.25. The number of hydrogen-bond donors (Lipinski definition) is 3. The summed E-state index contributed by atoms with van der Waals surface area (Å²) in [6, 6.07) is 19.8. The Morgan fingerprint density at radius 3 is 2.63 bits per heavy atom. The predicted molar refractivity (Wildman–Crippen MR) is 139 cm³/mol. The van der Waals surface area contributed by atoms with E-state index in [1.807, 2.05) is 67.6 Å². The lowest BCUT2D eigenvalue weighted by atomic mass is 10.0. The van der Waals surface area contributed by atoms with Crippen molar-refractivity contribution in [3.63, 3.8) is 0 Å². The molecule has 3 N–H and O–H groups in total. The average Bonchev–Trinajstić information content (AvgIpc) is 3.34. The zero-order chi connectivity index (χ0) is 24.6. The summed E-state index contributed by atoms with van der Waals surface area (Å²) in [6.07, 6.45) is 2.01. The quantitative estimate of drug-likeness (QED) is 0.300. The molecule has 0 aliphatic rings. The normalized spacial score (nSPS) is 11.5. The minimum atomic E-state index is -0.776. The standard InChI is InChI=1S/C26H24ClN5O2S/c1-17-10-11-19(27)14-21(17)31-26-32-23(16-35-26)25(34)30-22(13-18-7-3-2-4-8-18)24(33)29-15-20-9-5-6-12-28-20/h2-12,14,16,22H,13,15H2,1H3,(H,29,33)(H,30,34)(H,31,32). The van der Waals surface area contributed by atoms with E-state index in [4.69, 9.17) is 11.6 Å². The second kappa shape index (κ2) is 11.6. The van der Waals surface area contributed by atoms with Gasteiger partial charge in [0.15, 0.2) is 5.13 Å². The van der Waals surface area contributed by atoms with Gasteiger partial charge in [-0.2, -0.15) is 0 Å². The highest BCUT2D eigenvalue weighted by molar-refractivity contribution is 7.14. The molecule has 0 spiro atoms. The monoisotopic (exact) mass is 505 g/mol. The Hall–Kier alpha value is -3.75. The highest BCUT2D eigenvalue weighted by Crippen LogP contribution is 2.26. The van der Waals surface area contributed by atoms with Gasteiger partial charge in [-0.1, -0.05) is 54.1 Å². The van der Waals surface area contributed by atoms with Gasteiger partial charge in [0.05, 0.1) is 12.2 Å². The molecule has 2 amide bonds. The van der Waals surface area contributed by atoms with Crippen molar-refractivity contribution in [2.75, 3.05) is 5.32 Å². The van der Waals surface area contributed by atoms with Crippen molar-refractivity contribution < 1.29 is 9.59 Å². The fraction of sp³-hybridized carbons (Fsp3) is 0.154. The number of aromatic nitrogens is 2. The maximum absolute atomic E-state index is 13.0. The number of anilines is 2. The van der Waals surface area contributed by atoms with Crippen molar-refractivity contribution in [2.24, 2.45) is 0 Å². The van der Waals surface area contributed by atoms with E-state index in [9.17, 15) is 9.59 Å². The molecule has 0 aliphatic heterocycles. The van der Waals surface area contributed by atoms with E-state index in [0.29, 0.717) is 16.6 Å². The molecule has 0 fully saturated rings. The van der Waals surface area contributed by atoms with Crippen LogP contribution in [0, 0.1) is 6.92 Å². The van der Waals surface area contributed by atoms with Crippen molar-refractivity contribution in [3.8, 4) is 0 Å². The van der Waals surface area contributed by atoms with E-state index in [1.54, 1.807) is 17.6 Å². The van der Waals surface area contributed by atoms with Crippen LogP contribution in [0.15, 0.2) is 78.3 Å². The largest absolute Gasteiger partial charge is 0.349 e. The smallest absolute Gasteiger partial charge is 0.271 e. The molecule has 2 heterocycles. The van der Waals surface area contributed by atoms with Gasteiger partial charge in [-0.15, -0.1) is 11.3 Å². The van der Waals surface area contributed by atoms with E-state index in [-0.39, 0.29) is 18.1 Å². The molecule has 2 aromatic carbocycles. The van der Waals surface area contributed by atoms with Gasteiger partial charge < -0.3 is 16.0 Å². The second-order valence-corrected chi connectivity index (χ2v) is 9.17. The summed E-state index contributed by atoms with van der Waals surface area (Å²) in [5.74, 6) is -0.720. The van der Waals surface area contributed by atoms with E-state index in [2.05, 4.69) is 25.9 Å². The average molecular weight is 506 g/mol. The lowest BCUT2D eigenvalue weighted by Crippen LogP contribution is -2.48. The summed E-state index contributed by atoms with van der Waals surface area (Å²) in [6.45, 7) is 2.22. The van der Waals surface area contributed by atoms with Crippen molar-refractivity contribution in [2.45, 2.75) is 25.9 Å². The van der Waals surface area contributed by atoms with Crippen molar-refractivity contribution in [1.82, 2.24) is 20.6 Å². The molecular weight excluding hydrogens is 482 g/mol. The highest BCUT2D eigenvalue weighted by atomic mass is 35.5. The first-order valence-electron chi connectivity index (χ1n) is 11.0. The number of nitrogens with zero attached hydrogens (tertiary/aromatic N) is 2. The Morgan fingerprint density at radius 1 is 1.06 bits per heavy atom. The number of thiazole rings is 1. The van der Waals surface area contributed by atoms with Gasteiger partial charge in [-0.25, -0.2) is 4.98 Å². The Kier molecular flexibility index (Phi) is 8.07. The van der Waals surface area contributed by atoms with Crippen LogP contribution < -0.4 is 16.0 Å². The molecule has 0 bridgehead atoms. The fourth-order valence-corrected chi connectivity index (χ4v) is 4.25. The number of benzene rings is 2. The molecule has 4 rings (SSSR count). The Morgan fingerprint density at radius 2 is 1.86 bits per heavy atom. The number of aryl methyl sites for hydroxylation is 1. The van der Waals surface area contributed by atoms with Crippen LogP contribution in [0.5, 0.6) is 0 Å². The summed E-state index contributed by atoms with van der Waals surface area (Å²) in [5, 5.41) is 11.7. The minimum absolute atomic E-state index is 0.229. The summed E-state index contributed by atoms with van der Waals surface area (Å²) in [4.78, 5) is 34.6. The third kappa shape index (κ3) is 6.88. The molecule has 1 unspecified atom stereocenters. The van der Waals surface area contributed by atoms with Crippen LogP contribution in [-0.2, 0) is 17.8 Å². The van der Waals surface area contributed by atoms with E-state index in [1.165, 1.54) is 11.3 Å². The van der Waals surface area contributed by atoms with Crippen molar-refractivity contribution in [3.05, 3.63) is 106 Å². The predicted octanol–water partition coefficient (Wildman–Crippen LogP) is 4.90. The van der Waals surface area contributed by atoms with Gasteiger partial charge >= 0.3 is 0 Å². The molecule has 7 nitrogen and oxygen atoms in total. The number of rotatable bonds is 9. The number of carbonyl (C=O) groups excluding carboxylic acids is 2. The Bertz CT molecular complexity index is 1300. The van der Waals surface area contributed by atoms with Crippen LogP contribution >= 0.6 is 22.9 Å². The minimum Gasteiger partial charge on any atom is -0.349 e. The number of halogens is 1.